The fraction of sp³-hybridized carbons (Fsp3) is 0.0408. The maximum Gasteiger partial charge on any atom is 0.140 e. The number of anilines is 2. The molecule has 5 aromatic heterocycles. The monoisotopic (exact) mass is 719 g/mol. The average molecular weight is 720 g/mol. The fourth-order valence-electron chi connectivity index (χ4n) is 8.49. The molecule has 7 heterocycles. The SMILES string of the molecule is C1=CC2C(N=C1)c1cc(-c3ccccc3-c3ccccn3)ccc1N2c1cccc(-n2c3ccc(-c4ccccc4-c4ccccn4)cc3c3ncccc32)n1. The number of aromatic nitrogens is 5. The van der Waals surface area contributed by atoms with Gasteiger partial charge in [-0.2, -0.15) is 0 Å². The summed E-state index contributed by atoms with van der Waals surface area (Å²) in [5, 5.41) is 1.07. The summed E-state index contributed by atoms with van der Waals surface area (Å²) in [6, 6.07) is 52.7. The molecule has 0 N–H and O–H groups in total. The summed E-state index contributed by atoms with van der Waals surface area (Å²) < 4.78 is 2.23. The van der Waals surface area contributed by atoms with Crippen LogP contribution < -0.4 is 4.90 Å². The van der Waals surface area contributed by atoms with Crippen molar-refractivity contribution in [3.05, 3.63) is 188 Å². The summed E-state index contributed by atoms with van der Waals surface area (Å²) in [6.45, 7) is 0. The first kappa shape index (κ1) is 32.0. The van der Waals surface area contributed by atoms with E-state index in [-0.39, 0.29) is 12.1 Å². The van der Waals surface area contributed by atoms with Crippen molar-refractivity contribution in [3.63, 3.8) is 0 Å². The molecule has 2 unspecified atom stereocenters. The van der Waals surface area contributed by atoms with Gasteiger partial charge in [-0.25, -0.2) is 4.98 Å². The maximum absolute atomic E-state index is 5.41. The standard InChI is InChI=1S/C49H33N7/c1-3-14-36(40-16-5-7-26-50-40)34(12-1)32-22-24-42-38(30-32)48-44(18-10-28-52-48)55(42)46-20-9-21-47(54-46)56-43-25-23-33(31-39(43)49-45(56)19-11-29-53-49)35-13-2-4-15-37(35)41-17-6-8-27-51-41/h1-31,44,48H. The maximum atomic E-state index is 5.41. The van der Waals surface area contributed by atoms with Crippen LogP contribution in [-0.4, -0.2) is 36.8 Å². The van der Waals surface area contributed by atoms with Crippen LogP contribution in [0.5, 0.6) is 0 Å². The van der Waals surface area contributed by atoms with Gasteiger partial charge in [0.2, 0.25) is 0 Å². The van der Waals surface area contributed by atoms with Crippen LogP contribution in [0.25, 0.3) is 72.5 Å². The molecule has 0 radical (unpaired) electrons. The van der Waals surface area contributed by atoms with E-state index in [0.717, 1.165) is 84.0 Å². The molecule has 2 aliphatic heterocycles. The van der Waals surface area contributed by atoms with Crippen LogP contribution in [0.3, 0.4) is 0 Å². The van der Waals surface area contributed by atoms with Crippen molar-refractivity contribution < 1.29 is 0 Å². The Hall–Kier alpha value is -7.51. The van der Waals surface area contributed by atoms with Crippen LogP contribution in [0, 0.1) is 0 Å². The molecule has 4 aromatic carbocycles. The van der Waals surface area contributed by atoms with E-state index in [0.29, 0.717) is 0 Å². The molecular weight excluding hydrogens is 687 g/mol. The first-order chi connectivity index (χ1) is 27.8. The van der Waals surface area contributed by atoms with Crippen molar-refractivity contribution in [2.24, 2.45) is 4.99 Å². The highest BCUT2D eigenvalue weighted by Gasteiger charge is 2.39. The second-order valence-electron chi connectivity index (χ2n) is 14.1. The van der Waals surface area contributed by atoms with Gasteiger partial charge in [-0.15, -0.1) is 0 Å². The average Bonchev–Trinajstić information content (AvgIpc) is 3.79. The third-order valence-electron chi connectivity index (χ3n) is 10.9. The Morgan fingerprint density at radius 3 is 1.89 bits per heavy atom. The lowest BCUT2D eigenvalue weighted by molar-refractivity contribution is 0.663. The van der Waals surface area contributed by atoms with E-state index in [9.17, 15) is 0 Å². The van der Waals surface area contributed by atoms with Gasteiger partial charge in [0, 0.05) is 52.6 Å². The Kier molecular flexibility index (Phi) is 7.48. The van der Waals surface area contributed by atoms with Gasteiger partial charge >= 0.3 is 0 Å². The summed E-state index contributed by atoms with van der Waals surface area (Å²) in [4.78, 5) is 27.0. The topological polar surface area (TPSA) is 72.1 Å². The zero-order valence-corrected chi connectivity index (χ0v) is 30.2. The fourth-order valence-corrected chi connectivity index (χ4v) is 8.49. The normalized spacial score (nSPS) is 15.7. The molecule has 0 saturated heterocycles. The van der Waals surface area contributed by atoms with E-state index >= 15 is 0 Å². The first-order valence-corrected chi connectivity index (χ1v) is 18.8. The van der Waals surface area contributed by atoms with E-state index in [4.69, 9.17) is 15.0 Å². The molecule has 0 aliphatic carbocycles. The van der Waals surface area contributed by atoms with Gasteiger partial charge in [-0.1, -0.05) is 84.9 Å². The molecule has 0 fully saturated rings. The molecule has 11 rings (SSSR count). The number of benzene rings is 4. The summed E-state index contributed by atoms with van der Waals surface area (Å²) >= 11 is 0. The lowest BCUT2D eigenvalue weighted by Crippen LogP contribution is -2.29. The molecule has 0 saturated carbocycles. The minimum atomic E-state index is -0.0627. The van der Waals surface area contributed by atoms with Crippen LogP contribution in [0.15, 0.2) is 187 Å². The third-order valence-corrected chi connectivity index (χ3v) is 10.9. The lowest BCUT2D eigenvalue weighted by atomic mass is 9.93. The van der Waals surface area contributed by atoms with Crippen molar-refractivity contribution in [2.75, 3.05) is 4.90 Å². The molecule has 0 amide bonds. The Labute approximate surface area is 323 Å². The van der Waals surface area contributed by atoms with Crippen molar-refractivity contribution in [1.29, 1.82) is 0 Å². The predicted molar refractivity (Wildman–Crippen MR) is 226 cm³/mol. The van der Waals surface area contributed by atoms with Crippen LogP contribution >= 0.6 is 0 Å². The van der Waals surface area contributed by atoms with Gasteiger partial charge in [0.05, 0.1) is 34.0 Å². The van der Waals surface area contributed by atoms with Gasteiger partial charge < -0.3 is 4.90 Å². The van der Waals surface area contributed by atoms with Crippen LogP contribution in [0.4, 0.5) is 11.5 Å². The Morgan fingerprint density at radius 1 is 0.500 bits per heavy atom. The number of rotatable bonds is 6. The Balaban J connectivity index is 1.02. The second-order valence-corrected chi connectivity index (χ2v) is 14.1. The van der Waals surface area contributed by atoms with Gasteiger partial charge in [0.1, 0.15) is 17.7 Å². The highest BCUT2D eigenvalue weighted by atomic mass is 15.3. The van der Waals surface area contributed by atoms with Gasteiger partial charge in [0.15, 0.2) is 0 Å². The van der Waals surface area contributed by atoms with E-state index in [1.165, 1.54) is 5.56 Å². The number of aliphatic imine (C=N–C) groups is 1. The van der Waals surface area contributed by atoms with E-state index < -0.39 is 0 Å². The summed E-state index contributed by atoms with van der Waals surface area (Å²) in [7, 11) is 0. The smallest absolute Gasteiger partial charge is 0.140 e. The van der Waals surface area contributed by atoms with Crippen molar-refractivity contribution in [3.8, 4) is 50.6 Å². The number of nitrogens with zero attached hydrogens (tertiary/aromatic N) is 7. The molecule has 56 heavy (non-hydrogen) atoms. The number of fused-ring (bicyclic) bond motifs is 6. The number of hydrogen-bond donors (Lipinski definition) is 0. The van der Waals surface area contributed by atoms with E-state index in [1.807, 2.05) is 61.2 Å². The zero-order chi connectivity index (χ0) is 37.0. The molecule has 7 heteroatoms. The van der Waals surface area contributed by atoms with Crippen molar-refractivity contribution in [1.82, 2.24) is 24.5 Å². The minimum Gasteiger partial charge on any atom is -0.317 e. The van der Waals surface area contributed by atoms with Crippen LogP contribution in [0.1, 0.15) is 11.6 Å². The quantitative estimate of drug-likeness (QED) is 0.171. The van der Waals surface area contributed by atoms with Gasteiger partial charge in [0.25, 0.3) is 0 Å². The summed E-state index contributed by atoms with van der Waals surface area (Å²) in [6.07, 6.45) is 11.8. The largest absolute Gasteiger partial charge is 0.317 e. The predicted octanol–water partition coefficient (Wildman–Crippen LogP) is 11.2. The molecule has 0 spiro atoms. The minimum absolute atomic E-state index is 0.0134. The third kappa shape index (κ3) is 5.16. The zero-order valence-electron chi connectivity index (χ0n) is 30.2. The van der Waals surface area contributed by atoms with Crippen LogP contribution in [0.2, 0.25) is 0 Å². The van der Waals surface area contributed by atoms with Gasteiger partial charge in [-0.3, -0.25) is 24.5 Å². The highest BCUT2D eigenvalue weighted by molar-refractivity contribution is 6.08. The number of dihydropyridines is 1. The molecule has 9 aromatic rings. The number of pyridine rings is 4. The Bertz CT molecular complexity index is 3000. The van der Waals surface area contributed by atoms with Crippen LogP contribution in [-0.2, 0) is 0 Å². The first-order valence-electron chi connectivity index (χ1n) is 18.8. The lowest BCUT2D eigenvalue weighted by Gasteiger charge is -2.27. The molecule has 2 aliphatic rings. The summed E-state index contributed by atoms with van der Waals surface area (Å²) in [5.41, 5.74) is 13.9. The molecule has 7 nitrogen and oxygen atoms in total. The molecule has 2 atom stereocenters. The van der Waals surface area contributed by atoms with Gasteiger partial charge in [-0.05, 0) is 101 Å². The van der Waals surface area contributed by atoms with Crippen molar-refractivity contribution in [2.45, 2.75) is 12.1 Å². The Morgan fingerprint density at radius 2 is 1.16 bits per heavy atom. The van der Waals surface area contributed by atoms with E-state index in [1.54, 1.807) is 0 Å². The molecule has 0 bridgehead atoms. The number of hydrogen-bond acceptors (Lipinski definition) is 6. The summed E-state index contributed by atoms with van der Waals surface area (Å²) in [5.74, 6) is 1.69. The molecule has 264 valence electrons. The van der Waals surface area contributed by atoms with E-state index in [2.05, 4.69) is 147 Å². The molecular formula is C49H33N7. The number of allylic oxidation sites excluding steroid dienone is 1. The highest BCUT2D eigenvalue weighted by Crippen LogP contribution is 2.49. The second kappa shape index (κ2) is 13.1. The van der Waals surface area contributed by atoms with Crippen molar-refractivity contribution >= 4 is 39.7 Å².